The van der Waals surface area contributed by atoms with Crippen LogP contribution in [-0.2, 0) is 13.0 Å². The maximum Gasteiger partial charge on any atom is 0.358 e. The third-order valence-corrected chi connectivity index (χ3v) is 2.78. The Hall–Kier alpha value is -2.48. The number of hydrogen-bond donors (Lipinski definition) is 2. The molecule has 0 saturated carbocycles. The van der Waals surface area contributed by atoms with Gasteiger partial charge in [0.05, 0.1) is 19.3 Å². The van der Waals surface area contributed by atoms with Crippen molar-refractivity contribution in [3.05, 3.63) is 35.3 Å². The van der Waals surface area contributed by atoms with Crippen LogP contribution in [0.1, 0.15) is 21.7 Å². The molecule has 20 heavy (non-hydrogen) atoms. The summed E-state index contributed by atoms with van der Waals surface area (Å²) in [5, 5.41) is 16.6. The summed E-state index contributed by atoms with van der Waals surface area (Å²) >= 11 is 0. The number of carbonyl (C=O) groups is 1. The average molecular weight is 277 g/mol. The minimum Gasteiger partial charge on any atom is -0.481 e. The molecule has 0 aromatic carbocycles. The molecule has 106 valence electrons. The van der Waals surface area contributed by atoms with Gasteiger partial charge in [-0.25, -0.2) is 14.5 Å². The lowest BCUT2D eigenvalue weighted by Crippen LogP contribution is -2.14. The van der Waals surface area contributed by atoms with Crippen LogP contribution in [0.25, 0.3) is 0 Å². The zero-order chi connectivity index (χ0) is 14.5. The van der Waals surface area contributed by atoms with Crippen molar-refractivity contribution >= 4 is 5.97 Å². The Kier molecular flexibility index (Phi) is 4.26. The van der Waals surface area contributed by atoms with Gasteiger partial charge in [0.1, 0.15) is 0 Å². The van der Waals surface area contributed by atoms with Gasteiger partial charge in [0.2, 0.25) is 5.88 Å². The first kappa shape index (κ1) is 13.9. The summed E-state index contributed by atoms with van der Waals surface area (Å²) in [5.41, 5.74) is 6.72. The van der Waals surface area contributed by atoms with Crippen molar-refractivity contribution < 1.29 is 14.6 Å². The summed E-state index contributed by atoms with van der Waals surface area (Å²) in [7, 11) is 1.52. The van der Waals surface area contributed by atoms with Crippen molar-refractivity contribution in [3.63, 3.8) is 0 Å². The second-order valence-electron chi connectivity index (χ2n) is 4.06. The molecule has 0 unspecified atom stereocenters. The molecular formula is C12H15N5O3. The van der Waals surface area contributed by atoms with E-state index < -0.39 is 5.97 Å². The number of carboxylic acids is 1. The summed E-state index contributed by atoms with van der Waals surface area (Å²) in [5.74, 6) is -0.642. The van der Waals surface area contributed by atoms with E-state index in [4.69, 9.17) is 15.6 Å². The molecule has 0 atom stereocenters. The molecule has 0 aliphatic rings. The van der Waals surface area contributed by atoms with E-state index in [9.17, 15) is 4.79 Å². The number of nitrogens with zero attached hydrogens (tertiary/aromatic N) is 4. The van der Waals surface area contributed by atoms with Crippen LogP contribution in [-0.4, -0.2) is 44.7 Å². The first-order chi connectivity index (χ1) is 9.67. The third-order valence-electron chi connectivity index (χ3n) is 2.78. The van der Waals surface area contributed by atoms with Crippen LogP contribution < -0.4 is 10.5 Å². The fourth-order valence-corrected chi connectivity index (χ4v) is 1.90. The van der Waals surface area contributed by atoms with Crippen LogP contribution in [0.5, 0.6) is 5.88 Å². The minimum atomic E-state index is -1.11. The number of rotatable bonds is 6. The van der Waals surface area contributed by atoms with Crippen LogP contribution in [0, 0.1) is 0 Å². The molecule has 0 saturated heterocycles. The quantitative estimate of drug-likeness (QED) is 0.759. The molecule has 2 aromatic heterocycles. The number of aromatic carboxylic acids is 1. The van der Waals surface area contributed by atoms with E-state index in [1.807, 2.05) is 6.07 Å². The molecule has 0 fully saturated rings. The Bertz CT molecular complexity index is 611. The molecule has 0 amide bonds. The summed E-state index contributed by atoms with van der Waals surface area (Å²) in [6.45, 7) is 0.643. The van der Waals surface area contributed by atoms with Crippen molar-refractivity contribution in [2.45, 2.75) is 13.0 Å². The molecule has 2 aromatic rings. The monoisotopic (exact) mass is 277 g/mol. The lowest BCUT2D eigenvalue weighted by atomic mass is 10.2. The van der Waals surface area contributed by atoms with Gasteiger partial charge in [-0.2, -0.15) is 0 Å². The van der Waals surface area contributed by atoms with Crippen LogP contribution in [0.15, 0.2) is 18.3 Å². The molecule has 0 bridgehead atoms. The molecule has 8 heteroatoms. The van der Waals surface area contributed by atoms with Crippen LogP contribution in [0.2, 0.25) is 0 Å². The second-order valence-corrected chi connectivity index (χ2v) is 4.06. The maximum atomic E-state index is 11.1. The second kappa shape index (κ2) is 6.11. The number of ether oxygens (including phenoxy) is 1. The fraction of sp³-hybridized carbons (Fsp3) is 0.333. The Labute approximate surface area is 115 Å². The highest BCUT2D eigenvalue weighted by molar-refractivity contribution is 5.86. The van der Waals surface area contributed by atoms with Crippen LogP contribution in [0.4, 0.5) is 0 Å². The summed E-state index contributed by atoms with van der Waals surface area (Å²) < 4.78 is 6.67. The third kappa shape index (κ3) is 2.75. The number of methoxy groups -OCH3 is 1. The molecule has 2 heterocycles. The highest BCUT2D eigenvalue weighted by Gasteiger charge is 2.19. The van der Waals surface area contributed by atoms with E-state index in [0.717, 1.165) is 5.56 Å². The van der Waals surface area contributed by atoms with Gasteiger partial charge in [-0.1, -0.05) is 11.3 Å². The Morgan fingerprint density at radius 2 is 2.35 bits per heavy atom. The highest BCUT2D eigenvalue weighted by Crippen LogP contribution is 2.16. The van der Waals surface area contributed by atoms with Crippen molar-refractivity contribution in [3.8, 4) is 5.88 Å². The van der Waals surface area contributed by atoms with Crippen molar-refractivity contribution in [1.29, 1.82) is 0 Å². The first-order valence-electron chi connectivity index (χ1n) is 6.01. The number of carboxylic acid groups (broad SMARTS) is 1. The Morgan fingerprint density at radius 3 is 3.00 bits per heavy atom. The first-order valence-corrected chi connectivity index (χ1v) is 6.01. The van der Waals surface area contributed by atoms with Crippen LogP contribution in [0.3, 0.4) is 0 Å². The van der Waals surface area contributed by atoms with Gasteiger partial charge in [-0.15, -0.1) is 5.10 Å². The van der Waals surface area contributed by atoms with Gasteiger partial charge in [-0.3, -0.25) is 0 Å². The van der Waals surface area contributed by atoms with E-state index in [0.29, 0.717) is 31.1 Å². The molecule has 2 rings (SSSR count). The van der Waals surface area contributed by atoms with Gasteiger partial charge in [-0.05, 0) is 12.6 Å². The topological polar surface area (TPSA) is 116 Å². The zero-order valence-electron chi connectivity index (χ0n) is 11.0. The zero-order valence-corrected chi connectivity index (χ0v) is 11.0. The lowest BCUT2D eigenvalue weighted by molar-refractivity contribution is 0.0689. The Balaban J connectivity index is 2.36. The smallest absolute Gasteiger partial charge is 0.358 e. The SMILES string of the molecule is COc1ncccc1Cn1nnc(C(=O)O)c1CCN. The molecule has 8 nitrogen and oxygen atoms in total. The van der Waals surface area contributed by atoms with Gasteiger partial charge in [0, 0.05) is 18.2 Å². The normalized spacial score (nSPS) is 10.5. The lowest BCUT2D eigenvalue weighted by Gasteiger charge is -2.09. The van der Waals surface area contributed by atoms with Crippen LogP contribution >= 0.6 is 0 Å². The van der Waals surface area contributed by atoms with Gasteiger partial charge >= 0.3 is 5.97 Å². The number of aromatic nitrogens is 4. The van der Waals surface area contributed by atoms with E-state index in [2.05, 4.69) is 15.3 Å². The van der Waals surface area contributed by atoms with Gasteiger partial charge in [0.15, 0.2) is 5.69 Å². The van der Waals surface area contributed by atoms with Crippen molar-refractivity contribution in [1.82, 2.24) is 20.0 Å². The molecule has 0 radical (unpaired) electrons. The molecule has 0 aliphatic carbocycles. The van der Waals surface area contributed by atoms with Gasteiger partial charge in [0.25, 0.3) is 0 Å². The largest absolute Gasteiger partial charge is 0.481 e. The van der Waals surface area contributed by atoms with E-state index in [1.54, 1.807) is 12.3 Å². The summed E-state index contributed by atoms with van der Waals surface area (Å²) in [6.07, 6.45) is 2.00. The predicted octanol–water partition coefficient (Wildman–Crippen LogP) is -0.0706. The van der Waals surface area contributed by atoms with E-state index in [1.165, 1.54) is 11.8 Å². The standard InChI is InChI=1S/C12H15N5O3/c1-20-11-8(3-2-6-14-11)7-17-9(4-5-13)10(12(18)19)15-16-17/h2-3,6H,4-5,7,13H2,1H3,(H,18,19). The number of pyridine rings is 1. The maximum absolute atomic E-state index is 11.1. The van der Waals surface area contributed by atoms with Gasteiger partial charge < -0.3 is 15.6 Å². The van der Waals surface area contributed by atoms with Crippen molar-refractivity contribution in [2.24, 2.45) is 5.73 Å². The molecule has 0 spiro atoms. The predicted molar refractivity (Wildman–Crippen MR) is 69.6 cm³/mol. The minimum absolute atomic E-state index is 0.0710. The fourth-order valence-electron chi connectivity index (χ4n) is 1.90. The highest BCUT2D eigenvalue weighted by atomic mass is 16.5. The average Bonchev–Trinajstić information content (AvgIpc) is 2.83. The van der Waals surface area contributed by atoms with E-state index >= 15 is 0 Å². The number of nitrogens with two attached hydrogens (primary N) is 1. The number of hydrogen-bond acceptors (Lipinski definition) is 6. The molecule has 3 N–H and O–H groups in total. The Morgan fingerprint density at radius 1 is 1.55 bits per heavy atom. The molecular weight excluding hydrogens is 262 g/mol. The summed E-state index contributed by atoms with van der Waals surface area (Å²) in [4.78, 5) is 15.2. The van der Waals surface area contributed by atoms with E-state index in [-0.39, 0.29) is 5.69 Å². The summed E-state index contributed by atoms with van der Waals surface area (Å²) in [6, 6.07) is 3.61. The van der Waals surface area contributed by atoms with Crippen molar-refractivity contribution in [2.75, 3.05) is 13.7 Å². The molecule has 0 aliphatic heterocycles.